The molecule has 3 saturated carbocycles. The number of hydrogen-bond acceptors (Lipinski definition) is 19. The molecule has 7 fully saturated rings. The Labute approximate surface area is 421 Å². The molecule has 4 aliphatic carbocycles. The molecule has 9 rings (SSSR count). The zero-order chi connectivity index (χ0) is 51.9. The third kappa shape index (κ3) is 9.34. The molecule has 4 saturated heterocycles. The van der Waals surface area contributed by atoms with E-state index in [1.54, 1.807) is 65.0 Å². The van der Waals surface area contributed by atoms with Gasteiger partial charge in [0.2, 0.25) is 0 Å². The molecule has 19 heteroatoms. The van der Waals surface area contributed by atoms with Crippen LogP contribution in [0.15, 0.2) is 42.0 Å². The molecule has 4 aliphatic heterocycles. The highest BCUT2D eigenvalue weighted by molar-refractivity contribution is 5.89. The summed E-state index contributed by atoms with van der Waals surface area (Å²) in [5.41, 5.74) is -6.42. The number of ether oxygens (including phenoxy) is 10. The Morgan fingerprint density at radius 2 is 1.21 bits per heavy atom. The second-order valence-electron chi connectivity index (χ2n) is 22.8. The molecule has 0 spiro atoms. The summed E-state index contributed by atoms with van der Waals surface area (Å²) in [6.45, 7) is 12.2. The Morgan fingerprint density at radius 1 is 0.694 bits per heavy atom. The molecular formula is C53H80O19. The number of fused-ring (bicyclic) bond motifs is 5. The summed E-state index contributed by atoms with van der Waals surface area (Å²) in [5.74, 6) is -1.20. The third-order valence-corrected chi connectivity index (χ3v) is 18.7. The highest BCUT2D eigenvalue weighted by Gasteiger charge is 2.81. The molecule has 19 nitrogen and oxygen atoms in total. The Bertz CT molecular complexity index is 2040. The van der Waals surface area contributed by atoms with Crippen molar-refractivity contribution in [3.63, 3.8) is 0 Å². The number of esters is 1. The predicted molar refractivity (Wildman–Crippen MR) is 252 cm³/mol. The predicted octanol–water partition coefficient (Wildman–Crippen LogP) is 2.67. The van der Waals surface area contributed by atoms with E-state index < -0.39 is 150 Å². The van der Waals surface area contributed by atoms with Gasteiger partial charge in [0.25, 0.3) is 0 Å². The summed E-state index contributed by atoms with van der Waals surface area (Å²) in [5, 5.41) is 93.4. The van der Waals surface area contributed by atoms with E-state index in [1.807, 2.05) is 6.08 Å². The second kappa shape index (κ2) is 20.6. The fourth-order valence-electron chi connectivity index (χ4n) is 14.4. The summed E-state index contributed by atoms with van der Waals surface area (Å²) < 4.78 is 61.3. The average molecular weight is 1020 g/mol. The molecule has 0 aromatic heterocycles. The zero-order valence-electron chi connectivity index (χ0n) is 42.9. The van der Waals surface area contributed by atoms with E-state index in [4.69, 9.17) is 47.4 Å². The fraction of sp³-hybridized carbons (Fsp3) is 0.830. The molecule has 1 aromatic rings. The lowest BCUT2D eigenvalue weighted by Crippen LogP contribution is -2.78. The van der Waals surface area contributed by atoms with Gasteiger partial charge in [-0.3, -0.25) is 0 Å². The topological polar surface area (TPSA) is 271 Å². The second-order valence-corrected chi connectivity index (χ2v) is 22.8. The van der Waals surface area contributed by atoms with Crippen molar-refractivity contribution >= 4 is 5.97 Å². The maximum absolute atomic E-state index is 13.7. The van der Waals surface area contributed by atoms with Crippen LogP contribution in [0, 0.1) is 16.7 Å². The highest BCUT2D eigenvalue weighted by Crippen LogP contribution is 2.71. The minimum absolute atomic E-state index is 0.000291. The number of hydrogen-bond donors (Lipinski definition) is 8. The molecule has 1 aromatic carbocycles. The first-order valence-electron chi connectivity index (χ1n) is 26.3. The molecule has 0 bridgehead atoms. The summed E-state index contributed by atoms with van der Waals surface area (Å²) in [7, 11) is 1.51. The van der Waals surface area contributed by atoms with Crippen LogP contribution in [0.1, 0.15) is 129 Å². The lowest BCUT2D eigenvalue weighted by molar-refractivity contribution is -0.344. The van der Waals surface area contributed by atoms with Crippen molar-refractivity contribution in [1.29, 1.82) is 0 Å². The Hall–Kier alpha value is -2.25. The molecule has 0 unspecified atom stereocenters. The molecule has 8 N–H and O–H groups in total. The molecule has 4 heterocycles. The van der Waals surface area contributed by atoms with E-state index in [1.165, 1.54) is 14.0 Å². The molecule has 0 amide bonds. The fourth-order valence-corrected chi connectivity index (χ4v) is 14.4. The highest BCUT2D eigenvalue weighted by atomic mass is 16.8. The number of aliphatic hydroxyl groups excluding tert-OH is 5. The molecule has 72 heavy (non-hydrogen) atoms. The number of rotatable bonds is 12. The van der Waals surface area contributed by atoms with Crippen LogP contribution in [-0.2, 0) is 47.4 Å². The van der Waals surface area contributed by atoms with Gasteiger partial charge in [0.15, 0.2) is 25.2 Å². The van der Waals surface area contributed by atoms with Crippen LogP contribution in [-0.4, -0.2) is 187 Å². The smallest absolute Gasteiger partial charge is 0.338 e. The van der Waals surface area contributed by atoms with Gasteiger partial charge in [-0.05, 0) is 97.1 Å². The Kier molecular flexibility index (Phi) is 15.6. The van der Waals surface area contributed by atoms with Crippen molar-refractivity contribution in [2.45, 2.75) is 253 Å². The van der Waals surface area contributed by atoms with Gasteiger partial charge in [-0.25, -0.2) is 4.79 Å². The van der Waals surface area contributed by atoms with Crippen molar-refractivity contribution in [1.82, 2.24) is 0 Å². The standard InChI is InChI=1S/C53H80O19/c1-26-44(58)37(63-8)24-43(64-26)72-47-29(4)67-42(23-36(47)57)71-46-28(3)66-41(22-35(46)56)70-45-27(2)65-40(21-34(45)55)68-33-15-16-49(6)32(20-33)14-17-52(61)38(49)25-39(69-48(59)31-12-10-9-11-13-31)50(7)51(60,30(5)54)18-19-53(50,52)62/h9-14,26-30,33-47,54-58,60-62H,15-25H2,1-8H3/t26-,27-,28-,29-,30+,33+,34+,35+,36-,37-,38-,39-,40+,41+,42+,43+,44-,45-,46-,47-,49+,50-,51-,52+,53-/m1/s1. The Morgan fingerprint density at radius 3 is 1.72 bits per heavy atom. The number of carbonyl (C=O) groups excluding carboxylic acids is 1. The normalized spacial score (nSPS) is 51.0. The van der Waals surface area contributed by atoms with Crippen LogP contribution in [0.4, 0.5) is 0 Å². The number of aliphatic hydroxyl groups is 8. The first kappa shape index (κ1) is 54.5. The number of methoxy groups -OCH3 is 1. The van der Waals surface area contributed by atoms with Crippen LogP contribution >= 0.6 is 0 Å². The lowest BCUT2D eigenvalue weighted by atomic mass is 9.42. The van der Waals surface area contributed by atoms with E-state index in [2.05, 4.69) is 6.92 Å². The van der Waals surface area contributed by atoms with Crippen molar-refractivity contribution < 1.29 is 93.0 Å². The van der Waals surface area contributed by atoms with E-state index in [0.29, 0.717) is 24.8 Å². The molecule has 406 valence electrons. The average Bonchev–Trinajstić information content (AvgIpc) is 3.56. The minimum atomic E-state index is -1.93. The van der Waals surface area contributed by atoms with Crippen molar-refractivity contribution in [3.05, 3.63) is 47.5 Å². The SMILES string of the molecule is CO[C@@H]1C[C@H](O[C@H]2[C@H](O)C[C@H](O[C@H]3[C@@H](O)C[C@H](O[C@H]4[C@@H](O)C[C@H](O[C@H]5CC[C@@]6(C)C(=CC[C@]7(O)[C@@H]6C[C@@H](OC(=O)c6ccccc6)[C@@]6(C)[C@]7(O)CC[C@@]6(O)[C@H](C)O)C5)O[C@@H]4C)O[C@@H]3C)O[C@@H]2C)O[C@H](C)[C@H]1O. The van der Waals surface area contributed by atoms with Gasteiger partial charge >= 0.3 is 5.97 Å². The van der Waals surface area contributed by atoms with Crippen LogP contribution < -0.4 is 0 Å². The number of carbonyl (C=O) groups is 1. The first-order chi connectivity index (χ1) is 34.0. The van der Waals surface area contributed by atoms with E-state index in [9.17, 15) is 45.6 Å². The van der Waals surface area contributed by atoms with Gasteiger partial charge in [0, 0.05) is 38.7 Å². The molecule has 25 atom stereocenters. The van der Waals surface area contributed by atoms with Crippen LogP contribution in [0.5, 0.6) is 0 Å². The Balaban J connectivity index is 0.786. The molecular weight excluding hydrogens is 941 g/mol. The minimum Gasteiger partial charge on any atom is -0.458 e. The van der Waals surface area contributed by atoms with Gasteiger partial charge in [0.1, 0.15) is 47.3 Å². The van der Waals surface area contributed by atoms with Gasteiger partial charge in [-0.2, -0.15) is 0 Å². The van der Waals surface area contributed by atoms with Gasteiger partial charge in [0.05, 0.1) is 72.0 Å². The van der Waals surface area contributed by atoms with Crippen molar-refractivity contribution in [2.75, 3.05) is 7.11 Å². The van der Waals surface area contributed by atoms with Crippen molar-refractivity contribution in [2.24, 2.45) is 16.7 Å². The van der Waals surface area contributed by atoms with E-state index in [-0.39, 0.29) is 57.5 Å². The van der Waals surface area contributed by atoms with Crippen molar-refractivity contribution in [3.8, 4) is 0 Å². The summed E-state index contributed by atoms with van der Waals surface area (Å²) in [4.78, 5) is 13.7. The first-order valence-corrected chi connectivity index (χ1v) is 26.3. The largest absolute Gasteiger partial charge is 0.458 e. The maximum Gasteiger partial charge on any atom is 0.338 e. The lowest BCUT2D eigenvalue weighted by Gasteiger charge is -2.67. The summed E-state index contributed by atoms with van der Waals surface area (Å²) in [6.07, 6.45) is -10.6. The molecule has 0 radical (unpaired) electrons. The monoisotopic (exact) mass is 1020 g/mol. The third-order valence-electron chi connectivity index (χ3n) is 18.7. The van der Waals surface area contributed by atoms with Gasteiger partial charge in [-0.15, -0.1) is 0 Å². The van der Waals surface area contributed by atoms with Crippen LogP contribution in [0.3, 0.4) is 0 Å². The van der Waals surface area contributed by atoms with Crippen LogP contribution in [0.25, 0.3) is 0 Å². The molecule has 8 aliphatic rings. The van der Waals surface area contributed by atoms with E-state index in [0.717, 1.165) is 5.57 Å². The van der Waals surface area contributed by atoms with Crippen LogP contribution in [0.2, 0.25) is 0 Å². The van der Waals surface area contributed by atoms with E-state index >= 15 is 0 Å². The number of benzene rings is 1. The quantitative estimate of drug-likeness (QED) is 0.110. The van der Waals surface area contributed by atoms with Gasteiger partial charge in [-0.1, -0.05) is 43.7 Å². The summed E-state index contributed by atoms with van der Waals surface area (Å²) in [6, 6.07) is 8.51. The van der Waals surface area contributed by atoms with Gasteiger partial charge < -0.3 is 88.2 Å². The maximum atomic E-state index is 13.7. The summed E-state index contributed by atoms with van der Waals surface area (Å²) >= 11 is 0. The zero-order valence-corrected chi connectivity index (χ0v) is 42.9.